The second-order valence-corrected chi connectivity index (χ2v) is 7.63. The second-order valence-electron chi connectivity index (χ2n) is 7.63. The highest BCUT2D eigenvalue weighted by Gasteiger charge is 2.48. The zero-order chi connectivity index (χ0) is 20.9. The van der Waals surface area contributed by atoms with Crippen molar-refractivity contribution in [2.45, 2.75) is 37.9 Å². The molecule has 0 amide bonds. The summed E-state index contributed by atoms with van der Waals surface area (Å²) in [5.41, 5.74) is -0.151. The summed E-state index contributed by atoms with van der Waals surface area (Å²) in [7, 11) is 0. The number of alkyl halides is 1. The van der Waals surface area contributed by atoms with Crippen molar-refractivity contribution in [2.24, 2.45) is 0 Å². The lowest BCUT2D eigenvalue weighted by Gasteiger charge is -2.40. The first-order chi connectivity index (χ1) is 14.4. The van der Waals surface area contributed by atoms with E-state index in [-0.39, 0.29) is 36.8 Å². The average Bonchev–Trinajstić information content (AvgIpc) is 3.16. The molecule has 0 bridgehead atoms. The van der Waals surface area contributed by atoms with Gasteiger partial charge >= 0.3 is 0 Å². The fraction of sp³-hybridized carbons (Fsp3) is 0.286. The number of nitrogens with zero attached hydrogens (tertiary/aromatic N) is 5. The average molecular weight is 409 g/mol. The van der Waals surface area contributed by atoms with Gasteiger partial charge in [-0.25, -0.2) is 18.7 Å². The van der Waals surface area contributed by atoms with Crippen molar-refractivity contribution < 1.29 is 13.3 Å². The van der Waals surface area contributed by atoms with Gasteiger partial charge < -0.3 is 4.52 Å². The van der Waals surface area contributed by atoms with E-state index in [4.69, 9.17) is 4.52 Å². The first-order valence-electron chi connectivity index (χ1n) is 9.51. The summed E-state index contributed by atoms with van der Waals surface area (Å²) < 4.78 is 34.8. The molecule has 0 spiro atoms. The van der Waals surface area contributed by atoms with Crippen LogP contribution in [0.25, 0.3) is 11.0 Å². The monoisotopic (exact) mass is 409 g/mol. The van der Waals surface area contributed by atoms with Crippen LogP contribution in [-0.2, 0) is 12.2 Å². The lowest BCUT2D eigenvalue weighted by atomic mass is 9.68. The van der Waals surface area contributed by atoms with Gasteiger partial charge in [0.2, 0.25) is 5.89 Å². The lowest BCUT2D eigenvalue weighted by molar-refractivity contribution is 0.0335. The summed E-state index contributed by atoms with van der Waals surface area (Å²) in [6.45, 7) is 1.89. The van der Waals surface area contributed by atoms with E-state index in [0.717, 1.165) is 5.56 Å². The smallest absolute Gasteiger partial charge is 0.263 e. The lowest BCUT2D eigenvalue weighted by Crippen LogP contribution is -2.36. The third-order valence-electron chi connectivity index (χ3n) is 5.59. The number of hydrogen-bond donors (Lipinski definition) is 0. The molecule has 9 heteroatoms. The zero-order valence-corrected chi connectivity index (χ0v) is 16.0. The molecule has 0 radical (unpaired) electrons. The van der Waals surface area contributed by atoms with Crippen molar-refractivity contribution >= 4 is 11.0 Å². The van der Waals surface area contributed by atoms with Crippen molar-refractivity contribution in [3.63, 3.8) is 0 Å². The molecule has 0 unspecified atom stereocenters. The van der Waals surface area contributed by atoms with Crippen LogP contribution in [0.3, 0.4) is 0 Å². The van der Waals surface area contributed by atoms with Gasteiger partial charge in [-0.3, -0.25) is 9.36 Å². The topological polar surface area (TPSA) is 86.7 Å². The molecule has 4 aromatic rings. The Morgan fingerprint density at radius 3 is 2.73 bits per heavy atom. The van der Waals surface area contributed by atoms with Crippen LogP contribution >= 0.6 is 0 Å². The maximum absolute atomic E-state index is 15.0. The van der Waals surface area contributed by atoms with E-state index >= 15 is 4.39 Å². The zero-order valence-electron chi connectivity index (χ0n) is 16.0. The van der Waals surface area contributed by atoms with Crippen LogP contribution in [0, 0.1) is 12.7 Å². The number of benzene rings is 1. The fourth-order valence-corrected chi connectivity index (χ4v) is 3.87. The molecule has 0 aliphatic heterocycles. The van der Waals surface area contributed by atoms with Gasteiger partial charge in [-0.15, -0.1) is 0 Å². The van der Waals surface area contributed by atoms with Crippen LogP contribution in [0.2, 0.25) is 0 Å². The Hall–Kier alpha value is -3.49. The number of rotatable bonds is 4. The van der Waals surface area contributed by atoms with Gasteiger partial charge in [-0.1, -0.05) is 17.3 Å². The Morgan fingerprint density at radius 2 is 1.97 bits per heavy atom. The molecule has 0 N–H and O–H groups in total. The molecular weight excluding hydrogens is 392 g/mol. The van der Waals surface area contributed by atoms with Crippen LogP contribution in [0.4, 0.5) is 8.78 Å². The normalized spacial score (nSPS) is 21.0. The molecule has 3 heterocycles. The molecule has 5 rings (SSSR count). The van der Waals surface area contributed by atoms with E-state index in [2.05, 4.69) is 20.1 Å². The van der Waals surface area contributed by atoms with Crippen LogP contribution in [0.5, 0.6) is 0 Å². The van der Waals surface area contributed by atoms with Crippen LogP contribution in [0.15, 0.2) is 52.2 Å². The number of aromatic nitrogens is 5. The van der Waals surface area contributed by atoms with Gasteiger partial charge in [0, 0.05) is 12.1 Å². The van der Waals surface area contributed by atoms with Gasteiger partial charge in [-0.2, -0.15) is 4.98 Å². The Labute approximate surface area is 169 Å². The molecule has 7 nitrogen and oxygen atoms in total. The number of halogens is 2. The second kappa shape index (κ2) is 6.79. The van der Waals surface area contributed by atoms with Crippen molar-refractivity contribution in [3.8, 4) is 0 Å². The van der Waals surface area contributed by atoms with E-state index in [9.17, 15) is 9.18 Å². The number of hydrogen-bond acceptors (Lipinski definition) is 6. The molecule has 1 aliphatic carbocycles. The number of aryl methyl sites for hydroxylation is 1. The molecule has 0 saturated heterocycles. The maximum atomic E-state index is 15.0. The highest BCUT2D eigenvalue weighted by Crippen LogP contribution is 2.52. The summed E-state index contributed by atoms with van der Waals surface area (Å²) in [4.78, 5) is 25.4. The van der Waals surface area contributed by atoms with E-state index < -0.39 is 11.5 Å². The summed E-state index contributed by atoms with van der Waals surface area (Å²) in [5.74, 6) is 0.0499. The predicted molar refractivity (Wildman–Crippen MR) is 103 cm³/mol. The summed E-state index contributed by atoms with van der Waals surface area (Å²) >= 11 is 0. The SMILES string of the molecule is Cc1ccnc2ncn(Cc3nc(C4CC(F)(c5ccc(F)cc5)C4)no3)c(=O)c12. The maximum Gasteiger partial charge on any atom is 0.263 e. The first kappa shape index (κ1) is 18.5. The van der Waals surface area contributed by atoms with Gasteiger partial charge in [0.05, 0.1) is 5.39 Å². The van der Waals surface area contributed by atoms with Gasteiger partial charge in [-0.05, 0) is 49.1 Å². The van der Waals surface area contributed by atoms with E-state index in [0.29, 0.717) is 22.4 Å². The minimum Gasteiger partial charge on any atom is -0.337 e. The highest BCUT2D eigenvalue weighted by molar-refractivity contribution is 5.76. The molecule has 3 aromatic heterocycles. The Morgan fingerprint density at radius 1 is 1.20 bits per heavy atom. The molecule has 1 aliphatic rings. The number of pyridine rings is 1. The molecule has 1 saturated carbocycles. The summed E-state index contributed by atoms with van der Waals surface area (Å²) in [6, 6.07) is 7.18. The third kappa shape index (κ3) is 3.06. The van der Waals surface area contributed by atoms with Gasteiger partial charge in [0.1, 0.15) is 24.4 Å². The van der Waals surface area contributed by atoms with Gasteiger partial charge in [0.15, 0.2) is 11.5 Å². The summed E-state index contributed by atoms with van der Waals surface area (Å²) in [6.07, 6.45) is 3.39. The van der Waals surface area contributed by atoms with Crippen LogP contribution in [0.1, 0.15) is 41.6 Å². The Kier molecular flexibility index (Phi) is 4.19. The summed E-state index contributed by atoms with van der Waals surface area (Å²) in [5, 5.41) is 4.40. The predicted octanol–water partition coefficient (Wildman–Crippen LogP) is 3.41. The standard InChI is InChI=1S/C21H17F2N5O2/c1-12-6-7-24-19-17(12)20(29)28(11-25-19)10-16-26-18(27-30-16)13-8-21(23,9-13)14-2-4-15(22)5-3-14/h2-7,11,13H,8-10H2,1H3. The largest absolute Gasteiger partial charge is 0.337 e. The first-order valence-corrected chi connectivity index (χ1v) is 9.51. The van der Waals surface area contributed by atoms with E-state index in [1.807, 2.05) is 6.92 Å². The number of fused-ring (bicyclic) bond motifs is 1. The van der Waals surface area contributed by atoms with E-state index in [1.54, 1.807) is 12.3 Å². The molecule has 152 valence electrons. The minimum atomic E-state index is -1.52. The molecular formula is C21H17F2N5O2. The molecule has 30 heavy (non-hydrogen) atoms. The molecule has 0 atom stereocenters. The van der Waals surface area contributed by atoms with Crippen LogP contribution in [-0.4, -0.2) is 24.7 Å². The van der Waals surface area contributed by atoms with Crippen LogP contribution < -0.4 is 5.56 Å². The Balaban J connectivity index is 1.33. The fourth-order valence-electron chi connectivity index (χ4n) is 3.87. The minimum absolute atomic E-state index is 0.0640. The van der Waals surface area contributed by atoms with Crippen molar-refractivity contribution in [2.75, 3.05) is 0 Å². The quantitative estimate of drug-likeness (QED) is 0.513. The molecule has 1 fully saturated rings. The van der Waals surface area contributed by atoms with E-state index in [1.165, 1.54) is 35.2 Å². The van der Waals surface area contributed by atoms with Crippen molar-refractivity contribution in [3.05, 3.63) is 81.9 Å². The third-order valence-corrected chi connectivity index (χ3v) is 5.59. The highest BCUT2D eigenvalue weighted by atomic mass is 19.1. The van der Waals surface area contributed by atoms with Crippen molar-refractivity contribution in [1.29, 1.82) is 0 Å². The Bertz CT molecular complexity index is 1290. The van der Waals surface area contributed by atoms with Gasteiger partial charge in [0.25, 0.3) is 5.56 Å². The van der Waals surface area contributed by atoms with Crippen molar-refractivity contribution in [1.82, 2.24) is 24.7 Å². The molecule has 1 aromatic carbocycles.